The van der Waals surface area contributed by atoms with E-state index in [0.717, 1.165) is 10.7 Å². The number of ether oxygens (including phenoxy) is 1. The molecule has 1 amide bonds. The van der Waals surface area contributed by atoms with Crippen molar-refractivity contribution in [3.8, 4) is 0 Å². The first-order chi connectivity index (χ1) is 8.47. The van der Waals surface area contributed by atoms with Crippen molar-refractivity contribution < 1.29 is 9.53 Å². The van der Waals surface area contributed by atoms with Gasteiger partial charge in [-0.15, -0.1) is 5.10 Å². The first kappa shape index (κ1) is 12.8. The van der Waals surface area contributed by atoms with Gasteiger partial charge in [-0.3, -0.25) is 5.32 Å². The second kappa shape index (κ2) is 4.93. The van der Waals surface area contributed by atoms with Gasteiger partial charge in [0.25, 0.3) is 5.95 Å². The van der Waals surface area contributed by atoms with Crippen LogP contribution in [0.3, 0.4) is 0 Å². The number of fused-ring (bicyclic) bond motifs is 1. The molecule has 0 aliphatic rings. The minimum atomic E-state index is -0.517. The molecule has 0 radical (unpaired) electrons. The number of aromatic nitrogens is 3. The molecule has 0 aliphatic heterocycles. The van der Waals surface area contributed by atoms with E-state index in [4.69, 9.17) is 4.74 Å². The average molecular weight is 268 g/mol. The summed E-state index contributed by atoms with van der Waals surface area (Å²) in [6, 6.07) is 0. The van der Waals surface area contributed by atoms with Gasteiger partial charge in [0.1, 0.15) is 0 Å². The molecule has 0 spiro atoms. The molecule has 7 heteroatoms. The van der Waals surface area contributed by atoms with Crippen LogP contribution in [0.4, 0.5) is 10.7 Å². The van der Waals surface area contributed by atoms with E-state index in [-0.39, 0.29) is 5.95 Å². The minimum absolute atomic E-state index is 0.276. The summed E-state index contributed by atoms with van der Waals surface area (Å²) in [6.07, 6.45) is -0.517. The van der Waals surface area contributed by atoms with E-state index >= 15 is 0 Å². The second-order valence-electron chi connectivity index (χ2n) is 4.49. The molecule has 0 fully saturated rings. The van der Waals surface area contributed by atoms with Gasteiger partial charge in [-0.25, -0.2) is 9.31 Å². The third-order valence-electron chi connectivity index (χ3n) is 2.41. The Labute approximate surface area is 109 Å². The lowest BCUT2D eigenvalue weighted by atomic mass is 10.2. The van der Waals surface area contributed by atoms with E-state index in [2.05, 4.69) is 15.4 Å². The van der Waals surface area contributed by atoms with E-state index in [0.29, 0.717) is 12.5 Å². The van der Waals surface area contributed by atoms with Crippen molar-refractivity contribution in [2.24, 2.45) is 5.92 Å². The largest absolute Gasteiger partial charge is 0.449 e. The van der Waals surface area contributed by atoms with Gasteiger partial charge in [-0.2, -0.15) is 4.98 Å². The molecule has 98 valence electrons. The summed E-state index contributed by atoms with van der Waals surface area (Å²) in [6.45, 7) is 8.31. The fraction of sp³-hybridized carbons (Fsp3) is 0.545. The van der Waals surface area contributed by atoms with Crippen LogP contribution in [0.1, 0.15) is 24.4 Å². The number of carbonyl (C=O) groups is 1. The molecule has 0 saturated heterocycles. The highest BCUT2D eigenvalue weighted by molar-refractivity contribution is 7.17. The van der Waals surface area contributed by atoms with E-state index < -0.39 is 6.09 Å². The maximum Gasteiger partial charge on any atom is 0.414 e. The quantitative estimate of drug-likeness (QED) is 0.929. The number of thiazole rings is 1. The summed E-state index contributed by atoms with van der Waals surface area (Å²) >= 11 is 1.54. The summed E-state index contributed by atoms with van der Waals surface area (Å²) in [5, 5.41) is 6.73. The molecule has 0 saturated carbocycles. The number of carbonyl (C=O) groups excluding carboxylic acids is 1. The van der Waals surface area contributed by atoms with Crippen LogP contribution in [0.5, 0.6) is 0 Å². The summed E-state index contributed by atoms with van der Waals surface area (Å²) in [7, 11) is 0. The molecule has 0 unspecified atom stereocenters. The standard InChI is InChI=1S/C11H16N4O2S/c1-6(2)5-17-11(16)13-9-12-10-15(14-9)7(3)8(4)18-10/h6H,5H2,1-4H3,(H,13,14,16). The normalized spacial score (nSPS) is 11.2. The van der Waals surface area contributed by atoms with E-state index in [1.165, 1.54) is 4.88 Å². The molecule has 0 bridgehead atoms. The summed E-state index contributed by atoms with van der Waals surface area (Å²) < 4.78 is 6.72. The molecule has 0 aliphatic carbocycles. The first-order valence-electron chi connectivity index (χ1n) is 5.74. The molecule has 2 aromatic heterocycles. The van der Waals surface area contributed by atoms with Crippen molar-refractivity contribution in [1.82, 2.24) is 14.6 Å². The maximum absolute atomic E-state index is 11.4. The highest BCUT2D eigenvalue weighted by Crippen LogP contribution is 2.21. The molecule has 2 rings (SSSR count). The number of hydrogen-bond donors (Lipinski definition) is 1. The van der Waals surface area contributed by atoms with Gasteiger partial charge in [0.05, 0.1) is 12.3 Å². The summed E-state index contributed by atoms with van der Waals surface area (Å²) in [5.41, 5.74) is 1.03. The number of amides is 1. The fourth-order valence-corrected chi connectivity index (χ4v) is 2.27. The third kappa shape index (κ3) is 2.61. The number of anilines is 1. The number of nitrogens with zero attached hydrogens (tertiary/aromatic N) is 3. The highest BCUT2D eigenvalue weighted by atomic mass is 32.1. The van der Waals surface area contributed by atoms with Crippen LogP contribution >= 0.6 is 11.3 Å². The van der Waals surface area contributed by atoms with Gasteiger partial charge < -0.3 is 4.74 Å². The monoisotopic (exact) mass is 268 g/mol. The topological polar surface area (TPSA) is 68.5 Å². The zero-order chi connectivity index (χ0) is 13.3. The predicted molar refractivity (Wildman–Crippen MR) is 70.1 cm³/mol. The molecule has 1 N–H and O–H groups in total. The van der Waals surface area contributed by atoms with E-state index in [1.54, 1.807) is 15.9 Å². The molecule has 0 aromatic carbocycles. The Morgan fingerprint density at radius 1 is 1.50 bits per heavy atom. The Morgan fingerprint density at radius 3 is 2.83 bits per heavy atom. The smallest absolute Gasteiger partial charge is 0.414 e. The highest BCUT2D eigenvalue weighted by Gasteiger charge is 2.13. The Morgan fingerprint density at radius 2 is 2.22 bits per heavy atom. The molecule has 2 heterocycles. The van der Waals surface area contributed by atoms with Gasteiger partial charge in [-0.1, -0.05) is 25.2 Å². The minimum Gasteiger partial charge on any atom is -0.449 e. The van der Waals surface area contributed by atoms with Gasteiger partial charge in [0.15, 0.2) is 0 Å². The number of hydrogen-bond acceptors (Lipinski definition) is 5. The van der Waals surface area contributed by atoms with E-state index in [9.17, 15) is 4.79 Å². The number of aryl methyl sites for hydroxylation is 2. The van der Waals surface area contributed by atoms with Gasteiger partial charge >= 0.3 is 6.09 Å². The second-order valence-corrected chi connectivity index (χ2v) is 5.67. The zero-order valence-electron chi connectivity index (χ0n) is 10.9. The van der Waals surface area contributed by atoms with Crippen LogP contribution in [-0.2, 0) is 4.74 Å². The molecule has 18 heavy (non-hydrogen) atoms. The van der Waals surface area contributed by atoms with Crippen molar-refractivity contribution in [3.63, 3.8) is 0 Å². The summed E-state index contributed by atoms with van der Waals surface area (Å²) in [5.74, 6) is 0.581. The lowest BCUT2D eigenvalue weighted by Gasteiger charge is -2.06. The van der Waals surface area contributed by atoms with Crippen molar-refractivity contribution >= 4 is 28.3 Å². The van der Waals surface area contributed by atoms with Crippen molar-refractivity contribution in [1.29, 1.82) is 0 Å². The van der Waals surface area contributed by atoms with Crippen LogP contribution in [0.15, 0.2) is 0 Å². The average Bonchev–Trinajstić information content (AvgIpc) is 2.77. The number of nitrogens with one attached hydrogen (secondary N) is 1. The Kier molecular flexibility index (Phi) is 3.51. The number of rotatable bonds is 3. The fourth-order valence-electron chi connectivity index (χ4n) is 1.36. The van der Waals surface area contributed by atoms with E-state index in [1.807, 2.05) is 27.7 Å². The van der Waals surface area contributed by atoms with Crippen molar-refractivity contribution in [2.75, 3.05) is 11.9 Å². The SMILES string of the molecule is Cc1sc2nc(NC(=O)OCC(C)C)nn2c1C. The maximum atomic E-state index is 11.4. The van der Waals surface area contributed by atoms with Gasteiger partial charge in [-0.05, 0) is 19.8 Å². The lowest BCUT2D eigenvalue weighted by molar-refractivity contribution is 0.147. The Bertz CT molecular complexity index is 573. The van der Waals surface area contributed by atoms with Gasteiger partial charge in [0.2, 0.25) is 4.96 Å². The zero-order valence-corrected chi connectivity index (χ0v) is 11.7. The summed E-state index contributed by atoms with van der Waals surface area (Å²) in [4.78, 5) is 17.6. The Hall–Kier alpha value is -1.63. The van der Waals surface area contributed by atoms with Crippen LogP contribution in [0.2, 0.25) is 0 Å². The van der Waals surface area contributed by atoms with Crippen LogP contribution in [-0.4, -0.2) is 27.3 Å². The van der Waals surface area contributed by atoms with Crippen LogP contribution < -0.4 is 5.32 Å². The first-order valence-corrected chi connectivity index (χ1v) is 6.55. The molecular weight excluding hydrogens is 252 g/mol. The predicted octanol–water partition coefficient (Wildman–Crippen LogP) is 2.61. The van der Waals surface area contributed by atoms with Crippen LogP contribution in [0, 0.1) is 19.8 Å². The molecule has 0 atom stereocenters. The van der Waals surface area contributed by atoms with Gasteiger partial charge in [0, 0.05) is 4.88 Å². The van der Waals surface area contributed by atoms with Crippen LogP contribution in [0.25, 0.3) is 4.96 Å². The molecular formula is C11H16N4O2S. The van der Waals surface area contributed by atoms with Crippen molar-refractivity contribution in [3.05, 3.63) is 10.6 Å². The molecule has 6 nitrogen and oxygen atoms in total. The third-order valence-corrected chi connectivity index (χ3v) is 3.46. The molecule has 2 aromatic rings. The lowest BCUT2D eigenvalue weighted by Crippen LogP contribution is -2.17. The Balaban J connectivity index is 2.06. The van der Waals surface area contributed by atoms with Crippen molar-refractivity contribution in [2.45, 2.75) is 27.7 Å².